The van der Waals surface area contributed by atoms with Gasteiger partial charge in [-0.3, -0.25) is 4.79 Å². The highest BCUT2D eigenvalue weighted by Gasteiger charge is 2.17. The third-order valence-corrected chi connectivity index (χ3v) is 3.71. The third-order valence-electron chi connectivity index (χ3n) is 3.71. The number of phenols is 1. The van der Waals surface area contributed by atoms with Crippen molar-refractivity contribution in [1.82, 2.24) is 0 Å². The summed E-state index contributed by atoms with van der Waals surface area (Å²) in [5, 5.41) is 12.7. The summed E-state index contributed by atoms with van der Waals surface area (Å²) in [5.74, 6) is 0.763. The summed E-state index contributed by atoms with van der Waals surface area (Å²) in [7, 11) is 0. The average molecular weight is 263 g/mol. The van der Waals surface area contributed by atoms with Crippen LogP contribution in [0.2, 0.25) is 0 Å². The lowest BCUT2D eigenvalue weighted by molar-refractivity contribution is -0.116. The van der Waals surface area contributed by atoms with Gasteiger partial charge in [0.2, 0.25) is 5.91 Å². The van der Waals surface area contributed by atoms with E-state index in [1.54, 1.807) is 0 Å². The molecule has 1 aromatic rings. The molecule has 4 heteroatoms. The summed E-state index contributed by atoms with van der Waals surface area (Å²) in [6, 6.07) is 3.64. The van der Waals surface area contributed by atoms with Gasteiger partial charge in [0.15, 0.2) is 0 Å². The fourth-order valence-corrected chi connectivity index (χ4v) is 2.33. The van der Waals surface area contributed by atoms with Crippen molar-refractivity contribution in [2.75, 3.05) is 18.5 Å². The van der Waals surface area contributed by atoms with Crippen LogP contribution in [0, 0.1) is 19.8 Å². The number of amides is 1. The summed E-state index contributed by atoms with van der Waals surface area (Å²) < 4.78 is 5.29. The van der Waals surface area contributed by atoms with Crippen LogP contribution in [0.1, 0.15) is 30.4 Å². The Morgan fingerprint density at radius 1 is 1.47 bits per heavy atom. The van der Waals surface area contributed by atoms with Crippen molar-refractivity contribution in [2.24, 2.45) is 5.92 Å². The minimum absolute atomic E-state index is 0.00162. The topological polar surface area (TPSA) is 58.6 Å². The molecule has 1 saturated heterocycles. The lowest BCUT2D eigenvalue weighted by Gasteiger charge is -2.12. The Morgan fingerprint density at radius 3 is 2.95 bits per heavy atom. The molecule has 0 spiro atoms. The molecular weight excluding hydrogens is 242 g/mol. The largest absolute Gasteiger partial charge is 0.507 e. The van der Waals surface area contributed by atoms with Crippen LogP contribution in [0.25, 0.3) is 0 Å². The second-order valence-corrected chi connectivity index (χ2v) is 5.22. The number of hydrogen-bond donors (Lipinski definition) is 2. The number of rotatable bonds is 4. The molecule has 0 aromatic heterocycles. The maximum Gasteiger partial charge on any atom is 0.224 e. The van der Waals surface area contributed by atoms with E-state index in [2.05, 4.69) is 5.32 Å². The Bertz CT molecular complexity index is 465. The molecule has 1 fully saturated rings. The second-order valence-electron chi connectivity index (χ2n) is 5.22. The standard InChI is InChI=1S/C15H21NO3/c1-10-3-5-13(11(2)15(10)18)16-14(17)6-4-12-7-8-19-9-12/h3,5,12,18H,4,6-9H2,1-2H3,(H,16,17). The van der Waals surface area contributed by atoms with E-state index in [1.165, 1.54) is 0 Å². The number of benzene rings is 1. The van der Waals surface area contributed by atoms with Crippen LogP contribution in [0.15, 0.2) is 12.1 Å². The molecule has 1 aliphatic heterocycles. The molecule has 0 saturated carbocycles. The molecule has 1 aromatic carbocycles. The fraction of sp³-hybridized carbons (Fsp3) is 0.533. The second kappa shape index (κ2) is 6.06. The van der Waals surface area contributed by atoms with Crippen molar-refractivity contribution in [3.63, 3.8) is 0 Å². The zero-order valence-corrected chi connectivity index (χ0v) is 11.5. The summed E-state index contributed by atoms with van der Waals surface area (Å²) in [5.41, 5.74) is 2.23. The van der Waals surface area contributed by atoms with Crippen molar-refractivity contribution < 1.29 is 14.6 Å². The lowest BCUT2D eigenvalue weighted by Crippen LogP contribution is -2.14. The van der Waals surface area contributed by atoms with Gasteiger partial charge in [-0.2, -0.15) is 0 Å². The quantitative estimate of drug-likeness (QED) is 0.878. The summed E-state index contributed by atoms with van der Waals surface area (Å²) in [6.07, 6.45) is 2.42. The smallest absolute Gasteiger partial charge is 0.224 e. The molecule has 0 aliphatic carbocycles. The van der Waals surface area contributed by atoms with Crippen LogP contribution in [-0.4, -0.2) is 24.2 Å². The van der Waals surface area contributed by atoms with Gasteiger partial charge >= 0.3 is 0 Å². The molecule has 1 heterocycles. The molecule has 1 amide bonds. The Balaban J connectivity index is 1.89. The molecule has 4 nitrogen and oxygen atoms in total. The van der Waals surface area contributed by atoms with Crippen LogP contribution in [0.4, 0.5) is 5.69 Å². The van der Waals surface area contributed by atoms with Crippen LogP contribution < -0.4 is 5.32 Å². The lowest BCUT2D eigenvalue weighted by atomic mass is 10.0. The summed E-state index contributed by atoms with van der Waals surface area (Å²) in [6.45, 7) is 5.24. The Labute approximate surface area is 113 Å². The maximum absolute atomic E-state index is 11.9. The number of ether oxygens (including phenoxy) is 1. The van der Waals surface area contributed by atoms with Gasteiger partial charge in [-0.25, -0.2) is 0 Å². The third kappa shape index (κ3) is 3.47. The predicted molar refractivity (Wildman–Crippen MR) is 74.4 cm³/mol. The molecule has 1 aliphatic rings. The van der Waals surface area contributed by atoms with Crippen molar-refractivity contribution >= 4 is 11.6 Å². The highest BCUT2D eigenvalue weighted by atomic mass is 16.5. The number of carbonyl (C=O) groups is 1. The molecule has 0 radical (unpaired) electrons. The first-order chi connectivity index (χ1) is 9.08. The number of anilines is 1. The maximum atomic E-state index is 11.9. The van der Waals surface area contributed by atoms with E-state index in [-0.39, 0.29) is 11.7 Å². The molecular formula is C15H21NO3. The summed E-state index contributed by atoms with van der Waals surface area (Å²) >= 11 is 0. The van der Waals surface area contributed by atoms with Gasteiger partial charge in [-0.15, -0.1) is 0 Å². The molecule has 1 atom stereocenters. The van der Waals surface area contributed by atoms with Crippen molar-refractivity contribution in [1.29, 1.82) is 0 Å². The van der Waals surface area contributed by atoms with E-state index >= 15 is 0 Å². The van der Waals surface area contributed by atoms with Gasteiger partial charge in [-0.05, 0) is 44.2 Å². The number of hydrogen-bond acceptors (Lipinski definition) is 3. The highest BCUT2D eigenvalue weighted by molar-refractivity contribution is 5.91. The van der Waals surface area contributed by atoms with Gasteiger partial charge in [0, 0.05) is 30.9 Å². The van der Waals surface area contributed by atoms with Crippen LogP contribution in [0.5, 0.6) is 5.75 Å². The highest BCUT2D eigenvalue weighted by Crippen LogP contribution is 2.28. The van der Waals surface area contributed by atoms with Crippen LogP contribution in [-0.2, 0) is 9.53 Å². The van der Waals surface area contributed by atoms with E-state index in [0.717, 1.165) is 37.2 Å². The van der Waals surface area contributed by atoms with Gasteiger partial charge in [-0.1, -0.05) is 6.07 Å². The van der Waals surface area contributed by atoms with Gasteiger partial charge in [0.25, 0.3) is 0 Å². The van der Waals surface area contributed by atoms with Crippen molar-refractivity contribution in [3.8, 4) is 5.75 Å². The van der Waals surface area contributed by atoms with E-state index in [4.69, 9.17) is 4.74 Å². The van der Waals surface area contributed by atoms with Crippen LogP contribution in [0.3, 0.4) is 0 Å². The van der Waals surface area contributed by atoms with Gasteiger partial charge in [0.05, 0.1) is 0 Å². The van der Waals surface area contributed by atoms with Crippen molar-refractivity contribution in [2.45, 2.75) is 33.1 Å². The minimum Gasteiger partial charge on any atom is -0.507 e. The molecule has 0 bridgehead atoms. The summed E-state index contributed by atoms with van der Waals surface area (Å²) in [4.78, 5) is 11.9. The number of carbonyl (C=O) groups excluding carboxylic acids is 1. The molecule has 2 rings (SSSR count). The van der Waals surface area contributed by atoms with E-state index in [9.17, 15) is 9.90 Å². The zero-order valence-electron chi connectivity index (χ0n) is 11.5. The van der Waals surface area contributed by atoms with Gasteiger partial charge in [0.1, 0.15) is 5.75 Å². The Morgan fingerprint density at radius 2 is 2.26 bits per heavy atom. The molecule has 2 N–H and O–H groups in total. The Hall–Kier alpha value is -1.55. The molecule has 19 heavy (non-hydrogen) atoms. The number of nitrogens with one attached hydrogen (secondary N) is 1. The predicted octanol–water partition coefficient (Wildman–Crippen LogP) is 2.76. The SMILES string of the molecule is Cc1ccc(NC(=O)CCC2CCOC2)c(C)c1O. The first kappa shape index (κ1) is 13.9. The Kier molecular flexibility index (Phi) is 4.43. The van der Waals surface area contributed by atoms with E-state index < -0.39 is 0 Å². The minimum atomic E-state index is -0.00162. The number of aromatic hydroxyl groups is 1. The first-order valence-electron chi connectivity index (χ1n) is 6.74. The van der Waals surface area contributed by atoms with E-state index in [1.807, 2.05) is 26.0 Å². The normalized spacial score (nSPS) is 18.5. The van der Waals surface area contributed by atoms with E-state index in [0.29, 0.717) is 18.0 Å². The monoisotopic (exact) mass is 263 g/mol. The number of aryl methyl sites for hydroxylation is 1. The van der Waals surface area contributed by atoms with Crippen molar-refractivity contribution in [3.05, 3.63) is 23.3 Å². The molecule has 104 valence electrons. The molecule has 1 unspecified atom stereocenters. The van der Waals surface area contributed by atoms with Crippen LogP contribution >= 0.6 is 0 Å². The first-order valence-corrected chi connectivity index (χ1v) is 6.74. The van der Waals surface area contributed by atoms with Gasteiger partial charge < -0.3 is 15.2 Å². The zero-order chi connectivity index (χ0) is 13.8. The fourth-order valence-electron chi connectivity index (χ4n) is 2.33. The number of phenolic OH excluding ortho intramolecular Hbond substituents is 1. The average Bonchev–Trinajstić information content (AvgIpc) is 2.90.